The number of hydrogen-bond donors (Lipinski definition) is 2. The van der Waals surface area contributed by atoms with Gasteiger partial charge in [0.15, 0.2) is 23.6 Å². The zero-order valence-electron chi connectivity index (χ0n) is 25.9. The van der Waals surface area contributed by atoms with Crippen molar-refractivity contribution in [3.8, 4) is 0 Å². The molecule has 0 radical (unpaired) electrons. The Morgan fingerprint density at radius 1 is 0.864 bits per heavy atom. The summed E-state index contributed by atoms with van der Waals surface area (Å²) in [6, 6.07) is 0. The van der Waals surface area contributed by atoms with Gasteiger partial charge in [0.2, 0.25) is 0 Å². The van der Waals surface area contributed by atoms with Crippen LogP contribution in [0.2, 0.25) is 0 Å². The van der Waals surface area contributed by atoms with Crippen molar-refractivity contribution >= 4 is 35.6 Å². The topological polar surface area (TPSA) is 198 Å². The van der Waals surface area contributed by atoms with E-state index in [0.29, 0.717) is 0 Å². The lowest BCUT2D eigenvalue weighted by atomic mass is 9.43. The number of esters is 5. The lowest BCUT2D eigenvalue weighted by molar-refractivity contribution is -0.302. The second-order valence-electron chi connectivity index (χ2n) is 12.6. The zero-order chi connectivity index (χ0) is 33.2. The number of hydrogen-bond acceptors (Lipinski definition) is 14. The van der Waals surface area contributed by atoms with Gasteiger partial charge in [-0.25, -0.2) is 0 Å². The Kier molecular flexibility index (Phi) is 8.55. The van der Waals surface area contributed by atoms with Gasteiger partial charge in [-0.3, -0.25) is 28.8 Å². The predicted molar refractivity (Wildman–Crippen MR) is 145 cm³/mol. The average molecular weight is 625 g/mol. The molecule has 0 amide bonds. The summed E-state index contributed by atoms with van der Waals surface area (Å²) in [5.74, 6) is -7.26. The maximum Gasteiger partial charge on any atom is 0.303 e. The van der Waals surface area contributed by atoms with Crippen LogP contribution in [-0.2, 0) is 57.2 Å². The molecule has 0 spiro atoms. The van der Waals surface area contributed by atoms with E-state index in [-0.39, 0.29) is 25.0 Å². The molecule has 4 bridgehead atoms. The summed E-state index contributed by atoms with van der Waals surface area (Å²) in [7, 11) is 0. The van der Waals surface area contributed by atoms with Crippen molar-refractivity contribution in [3.05, 3.63) is 12.2 Å². The molecular weight excluding hydrogens is 584 g/mol. The maximum absolute atomic E-state index is 13.9. The standard InChI is InChI=1S/C30H40O14/c1-13-20(40-14(2)32)10-22(41-15(3)33)29(11-31)23(13)24(42-16(4)34)19-9-21(37)28(8)30(38,27(19,7)12-39-28)26(44-18(6)36)25(29)43-17(5)35/h19-20,22-26,31,38H,1,9-12H2,2-8H3/t19-,20-,22-,23-,24+,25-,26-,27+,28-,29+,30-/m0/s1. The predicted octanol–water partition coefficient (Wildman–Crippen LogP) is 0.329. The SMILES string of the molecule is C=C1[C@@H](OC(C)=O)C[C@H](OC(C)=O)[C@@]2(CO)[C@@H](OC(C)=O)[C@H](OC(C)=O)[C@@]3(O)[C@@]4(C)OC[C@]3(C)[C@@H](CC4=O)[C@@H](OC(C)=O)[C@H]12. The molecule has 1 saturated heterocycles. The van der Waals surface area contributed by atoms with Gasteiger partial charge in [0.25, 0.3) is 0 Å². The van der Waals surface area contributed by atoms with Crippen molar-refractivity contribution < 1.29 is 67.4 Å². The van der Waals surface area contributed by atoms with Crippen LogP contribution in [-0.4, -0.2) is 101 Å². The molecule has 44 heavy (non-hydrogen) atoms. The fourth-order valence-corrected chi connectivity index (χ4v) is 8.35. The molecule has 1 aliphatic heterocycles. The monoisotopic (exact) mass is 624 g/mol. The third-order valence-corrected chi connectivity index (χ3v) is 10.2. The highest BCUT2D eigenvalue weighted by Crippen LogP contribution is 2.67. The van der Waals surface area contributed by atoms with E-state index in [4.69, 9.17) is 28.4 Å². The number of ketones is 1. The van der Waals surface area contributed by atoms with Gasteiger partial charge in [-0.1, -0.05) is 13.5 Å². The fraction of sp³-hybridized carbons (Fsp3) is 0.733. The van der Waals surface area contributed by atoms with E-state index in [1.54, 1.807) is 6.92 Å². The Morgan fingerprint density at radius 3 is 1.89 bits per heavy atom. The summed E-state index contributed by atoms with van der Waals surface area (Å²) in [6.45, 7) is 11.3. The highest BCUT2D eigenvalue weighted by atomic mass is 16.6. The Morgan fingerprint density at radius 2 is 1.39 bits per heavy atom. The van der Waals surface area contributed by atoms with Crippen LogP contribution in [0.5, 0.6) is 0 Å². The molecule has 0 unspecified atom stereocenters. The van der Waals surface area contributed by atoms with Gasteiger partial charge in [0, 0.05) is 64.7 Å². The molecule has 4 rings (SSSR count). The zero-order valence-corrected chi connectivity index (χ0v) is 25.9. The summed E-state index contributed by atoms with van der Waals surface area (Å²) in [5.41, 5.74) is -7.90. The molecule has 4 aliphatic rings. The Bertz CT molecular complexity index is 1290. The fourth-order valence-electron chi connectivity index (χ4n) is 8.35. The number of rotatable bonds is 6. The normalized spacial score (nSPS) is 42.6. The first-order valence-electron chi connectivity index (χ1n) is 14.4. The van der Waals surface area contributed by atoms with Gasteiger partial charge in [-0.05, 0) is 12.5 Å². The van der Waals surface area contributed by atoms with E-state index in [9.17, 15) is 39.0 Å². The number of ether oxygens (including phenoxy) is 6. The van der Waals surface area contributed by atoms with Gasteiger partial charge < -0.3 is 38.6 Å². The molecule has 11 atom stereocenters. The van der Waals surface area contributed by atoms with Crippen molar-refractivity contribution in [3.63, 3.8) is 0 Å². The van der Waals surface area contributed by atoms with Crippen LogP contribution < -0.4 is 0 Å². The van der Waals surface area contributed by atoms with Crippen LogP contribution in [0.1, 0.15) is 61.3 Å². The number of aliphatic hydroxyl groups is 2. The van der Waals surface area contributed by atoms with Crippen molar-refractivity contribution in [1.29, 1.82) is 0 Å². The van der Waals surface area contributed by atoms with E-state index in [1.807, 2.05) is 0 Å². The van der Waals surface area contributed by atoms with Crippen LogP contribution in [0.4, 0.5) is 0 Å². The third-order valence-electron chi connectivity index (χ3n) is 10.2. The highest BCUT2D eigenvalue weighted by Gasteiger charge is 2.83. The Balaban J connectivity index is 2.19. The van der Waals surface area contributed by atoms with Crippen molar-refractivity contribution in [2.45, 2.75) is 103 Å². The van der Waals surface area contributed by atoms with E-state index in [1.165, 1.54) is 6.92 Å². The maximum atomic E-state index is 13.9. The third kappa shape index (κ3) is 4.64. The molecule has 4 fully saturated rings. The lowest BCUT2D eigenvalue weighted by Gasteiger charge is -2.65. The molecule has 0 aromatic carbocycles. The van der Waals surface area contributed by atoms with Gasteiger partial charge in [-0.2, -0.15) is 0 Å². The van der Waals surface area contributed by atoms with Crippen molar-refractivity contribution in [2.75, 3.05) is 13.2 Å². The summed E-state index contributed by atoms with van der Waals surface area (Å²) in [6.07, 6.45) is -8.35. The first-order valence-corrected chi connectivity index (χ1v) is 14.4. The minimum atomic E-state index is -2.44. The molecule has 14 heteroatoms. The molecule has 1 heterocycles. The van der Waals surface area contributed by atoms with E-state index >= 15 is 0 Å². The minimum absolute atomic E-state index is 0.0939. The van der Waals surface area contributed by atoms with Crippen LogP contribution in [0.15, 0.2) is 12.2 Å². The van der Waals surface area contributed by atoms with Crippen LogP contribution in [0.3, 0.4) is 0 Å². The summed E-state index contributed by atoms with van der Waals surface area (Å²) >= 11 is 0. The van der Waals surface area contributed by atoms with Gasteiger partial charge in [0.05, 0.1) is 18.6 Å². The number of carbonyl (C=O) groups excluding carboxylic acids is 6. The van der Waals surface area contributed by atoms with Crippen molar-refractivity contribution in [2.24, 2.45) is 22.7 Å². The number of fused-ring (bicyclic) bond motifs is 1. The molecule has 3 aliphatic carbocycles. The summed E-state index contributed by atoms with van der Waals surface area (Å²) in [4.78, 5) is 77.0. The lowest BCUT2D eigenvalue weighted by Crippen LogP contribution is -2.81. The van der Waals surface area contributed by atoms with Crippen LogP contribution in [0.25, 0.3) is 0 Å². The number of aliphatic hydroxyl groups excluding tert-OH is 1. The second-order valence-corrected chi connectivity index (χ2v) is 12.6. The van der Waals surface area contributed by atoms with E-state index < -0.39 is 107 Å². The Labute approximate surface area is 254 Å². The first-order chi connectivity index (χ1) is 20.3. The number of carbonyl (C=O) groups is 6. The van der Waals surface area contributed by atoms with Gasteiger partial charge in [-0.15, -0.1) is 0 Å². The first kappa shape index (κ1) is 33.5. The molecular formula is C30H40O14. The summed E-state index contributed by atoms with van der Waals surface area (Å²) < 4.78 is 34.9. The molecule has 244 valence electrons. The number of Topliss-reactive ketones (excluding diaryl/α,β-unsaturated/α-hetero) is 1. The van der Waals surface area contributed by atoms with E-state index in [2.05, 4.69) is 6.58 Å². The van der Waals surface area contributed by atoms with Crippen LogP contribution in [0, 0.1) is 22.7 Å². The largest absolute Gasteiger partial charge is 0.462 e. The second kappa shape index (κ2) is 11.2. The quantitative estimate of drug-likeness (QED) is 0.233. The molecule has 3 saturated carbocycles. The molecule has 0 aromatic heterocycles. The minimum Gasteiger partial charge on any atom is -0.462 e. The Hall–Kier alpha value is -3.36. The average Bonchev–Trinajstić information content (AvgIpc) is 3.04. The molecule has 0 aromatic rings. The molecule has 2 N–H and O–H groups in total. The van der Waals surface area contributed by atoms with Crippen molar-refractivity contribution in [1.82, 2.24) is 0 Å². The molecule has 14 nitrogen and oxygen atoms in total. The van der Waals surface area contributed by atoms with Gasteiger partial charge >= 0.3 is 29.8 Å². The van der Waals surface area contributed by atoms with E-state index in [0.717, 1.165) is 34.6 Å². The van der Waals surface area contributed by atoms with Crippen LogP contribution >= 0.6 is 0 Å². The smallest absolute Gasteiger partial charge is 0.303 e. The highest BCUT2D eigenvalue weighted by molar-refractivity contribution is 5.91. The summed E-state index contributed by atoms with van der Waals surface area (Å²) in [5, 5.41) is 24.3. The van der Waals surface area contributed by atoms with Gasteiger partial charge in [0.1, 0.15) is 23.9 Å².